The maximum absolute atomic E-state index is 12.0. The van der Waals surface area contributed by atoms with E-state index in [1.165, 1.54) is 0 Å². The first-order valence-corrected chi connectivity index (χ1v) is 11.0. The Balaban J connectivity index is 1.44. The van der Waals surface area contributed by atoms with E-state index in [2.05, 4.69) is 26.3 Å². The molecule has 2 aromatic heterocycles. The molecule has 0 spiro atoms. The van der Waals surface area contributed by atoms with Gasteiger partial charge in [-0.1, -0.05) is 29.4 Å². The molecule has 0 radical (unpaired) electrons. The number of anilines is 1. The average Bonchev–Trinajstić information content (AvgIpc) is 3.48. The highest BCUT2D eigenvalue weighted by molar-refractivity contribution is 7.97. The van der Waals surface area contributed by atoms with Crippen molar-refractivity contribution in [3.05, 3.63) is 60.2 Å². The number of amides is 2. The summed E-state index contributed by atoms with van der Waals surface area (Å²) in [6.07, 6.45) is 2.06. The number of thioether (sulfide) groups is 1. The van der Waals surface area contributed by atoms with Crippen molar-refractivity contribution in [1.29, 1.82) is 0 Å². The number of hydrogen-bond acceptors (Lipinski definition) is 6. The Bertz CT molecular complexity index is 1220. The van der Waals surface area contributed by atoms with Crippen molar-refractivity contribution in [2.75, 3.05) is 24.2 Å². The Labute approximate surface area is 177 Å². The second kappa shape index (κ2) is 7.83. The van der Waals surface area contributed by atoms with Crippen LogP contribution in [0.1, 0.15) is 11.7 Å². The van der Waals surface area contributed by atoms with E-state index in [1.54, 1.807) is 16.7 Å². The number of carbonyl (C=O) groups excluding carboxylic acids is 1. The van der Waals surface area contributed by atoms with E-state index in [1.807, 2.05) is 48.5 Å². The summed E-state index contributed by atoms with van der Waals surface area (Å²) in [5.41, 5.74) is 3.62. The molecule has 1 aliphatic rings. The highest BCUT2D eigenvalue weighted by atomic mass is 32.2. The summed E-state index contributed by atoms with van der Waals surface area (Å²) in [6.45, 7) is 1.75. The highest BCUT2D eigenvalue weighted by Gasteiger charge is 2.22. The van der Waals surface area contributed by atoms with Gasteiger partial charge in [0.15, 0.2) is 0 Å². The maximum Gasteiger partial charge on any atom is 0.321 e. The Morgan fingerprint density at radius 1 is 1.17 bits per heavy atom. The van der Waals surface area contributed by atoms with Gasteiger partial charge in [-0.25, -0.2) is 9.78 Å². The van der Waals surface area contributed by atoms with Crippen molar-refractivity contribution in [3.8, 4) is 11.4 Å². The number of imidazole rings is 1. The lowest BCUT2D eigenvalue weighted by Crippen LogP contribution is -2.27. The van der Waals surface area contributed by atoms with E-state index >= 15 is 0 Å². The lowest BCUT2D eigenvalue weighted by atomic mass is 10.2. The standard InChI is InChI=1S/C21H20N6O2S/c1-30-13-18-23-16-7-2-3-8-17(16)27(18)12-19-24-20(25-29-19)14-5-4-6-15(11-14)26-10-9-22-21(26)28/h2-8,11H,9-10,12-13H2,1H3,(H,22,28). The third kappa shape index (κ3) is 3.41. The van der Waals surface area contributed by atoms with Crippen molar-refractivity contribution in [1.82, 2.24) is 25.0 Å². The summed E-state index contributed by atoms with van der Waals surface area (Å²) < 4.78 is 7.67. The molecule has 2 amide bonds. The number of hydrogen-bond donors (Lipinski definition) is 1. The van der Waals surface area contributed by atoms with Gasteiger partial charge in [-0.2, -0.15) is 16.7 Å². The fraction of sp³-hybridized carbons (Fsp3) is 0.238. The van der Waals surface area contributed by atoms with Gasteiger partial charge in [-0.3, -0.25) is 4.90 Å². The van der Waals surface area contributed by atoms with Gasteiger partial charge in [-0.05, 0) is 30.5 Å². The molecular formula is C21H20N6O2S. The van der Waals surface area contributed by atoms with Crippen LogP contribution in [0.25, 0.3) is 22.4 Å². The molecule has 1 fully saturated rings. The van der Waals surface area contributed by atoms with E-state index in [0.29, 0.717) is 31.3 Å². The lowest BCUT2D eigenvalue weighted by molar-refractivity contribution is 0.252. The van der Waals surface area contributed by atoms with E-state index in [0.717, 1.165) is 33.9 Å². The molecule has 8 nitrogen and oxygen atoms in total. The Morgan fingerprint density at radius 3 is 2.90 bits per heavy atom. The van der Waals surface area contributed by atoms with Crippen LogP contribution in [0.2, 0.25) is 0 Å². The Morgan fingerprint density at radius 2 is 2.07 bits per heavy atom. The van der Waals surface area contributed by atoms with Gasteiger partial charge in [0, 0.05) is 24.3 Å². The molecule has 0 atom stereocenters. The minimum atomic E-state index is -0.0886. The largest absolute Gasteiger partial charge is 0.337 e. The van der Waals surface area contributed by atoms with Crippen LogP contribution in [-0.2, 0) is 12.3 Å². The van der Waals surface area contributed by atoms with Crippen LogP contribution in [0.15, 0.2) is 53.1 Å². The SMILES string of the molecule is CSCc1nc2ccccc2n1Cc1nc(-c2cccc(N3CCNC3=O)c2)no1. The summed E-state index contributed by atoms with van der Waals surface area (Å²) in [4.78, 5) is 23.0. The molecule has 2 aromatic carbocycles. The molecule has 0 bridgehead atoms. The number of aromatic nitrogens is 4. The molecule has 30 heavy (non-hydrogen) atoms. The van der Waals surface area contributed by atoms with Crippen molar-refractivity contribution >= 4 is 34.5 Å². The number of para-hydroxylation sites is 2. The van der Waals surface area contributed by atoms with Crippen LogP contribution < -0.4 is 10.2 Å². The average molecular weight is 420 g/mol. The van der Waals surface area contributed by atoms with Gasteiger partial charge in [0.25, 0.3) is 0 Å². The zero-order valence-electron chi connectivity index (χ0n) is 16.4. The van der Waals surface area contributed by atoms with Gasteiger partial charge >= 0.3 is 6.03 Å². The zero-order valence-corrected chi connectivity index (χ0v) is 17.2. The maximum atomic E-state index is 12.0. The van der Waals surface area contributed by atoms with Crippen molar-refractivity contribution in [2.24, 2.45) is 0 Å². The summed E-state index contributed by atoms with van der Waals surface area (Å²) >= 11 is 1.72. The van der Waals surface area contributed by atoms with Gasteiger partial charge in [0.1, 0.15) is 12.4 Å². The summed E-state index contributed by atoms with van der Waals surface area (Å²) in [5, 5.41) is 6.98. The highest BCUT2D eigenvalue weighted by Crippen LogP contribution is 2.25. The third-order valence-electron chi connectivity index (χ3n) is 5.04. The fourth-order valence-corrected chi connectivity index (χ4v) is 4.12. The first kappa shape index (κ1) is 18.7. The zero-order chi connectivity index (χ0) is 20.5. The predicted molar refractivity (Wildman–Crippen MR) is 117 cm³/mol. The van der Waals surface area contributed by atoms with E-state index < -0.39 is 0 Å². The summed E-state index contributed by atoms with van der Waals surface area (Å²) in [7, 11) is 0. The van der Waals surface area contributed by atoms with E-state index in [-0.39, 0.29) is 6.03 Å². The number of benzene rings is 2. The van der Waals surface area contributed by atoms with Gasteiger partial charge < -0.3 is 14.4 Å². The van der Waals surface area contributed by atoms with Crippen LogP contribution in [0, 0.1) is 0 Å². The number of nitrogens with zero attached hydrogens (tertiary/aromatic N) is 5. The molecule has 152 valence electrons. The van der Waals surface area contributed by atoms with Crippen molar-refractivity contribution in [2.45, 2.75) is 12.3 Å². The predicted octanol–water partition coefficient (Wildman–Crippen LogP) is 3.53. The second-order valence-corrected chi connectivity index (χ2v) is 7.85. The van der Waals surface area contributed by atoms with Crippen LogP contribution in [0.5, 0.6) is 0 Å². The number of nitrogens with one attached hydrogen (secondary N) is 1. The van der Waals surface area contributed by atoms with Crippen molar-refractivity contribution in [3.63, 3.8) is 0 Å². The molecule has 0 aliphatic carbocycles. The Kier molecular flexibility index (Phi) is 4.88. The van der Waals surface area contributed by atoms with E-state index in [9.17, 15) is 4.79 Å². The molecule has 1 aliphatic heterocycles. The fourth-order valence-electron chi connectivity index (χ4n) is 3.64. The number of urea groups is 1. The smallest absolute Gasteiger partial charge is 0.321 e. The van der Waals surface area contributed by atoms with Gasteiger partial charge in [0.2, 0.25) is 11.7 Å². The molecule has 1 saturated heterocycles. The second-order valence-electron chi connectivity index (χ2n) is 6.98. The first-order valence-electron chi connectivity index (χ1n) is 9.64. The molecule has 0 saturated carbocycles. The van der Waals surface area contributed by atoms with Crippen LogP contribution in [-0.4, -0.2) is 45.1 Å². The third-order valence-corrected chi connectivity index (χ3v) is 5.59. The monoisotopic (exact) mass is 420 g/mol. The molecule has 3 heterocycles. The van der Waals surface area contributed by atoms with Gasteiger partial charge in [0.05, 0.1) is 16.8 Å². The minimum Gasteiger partial charge on any atom is -0.337 e. The van der Waals surface area contributed by atoms with E-state index in [4.69, 9.17) is 9.51 Å². The number of rotatable bonds is 6. The molecular weight excluding hydrogens is 400 g/mol. The molecule has 9 heteroatoms. The molecule has 1 N–H and O–H groups in total. The summed E-state index contributed by atoms with van der Waals surface area (Å²) in [5.74, 6) is 2.79. The molecule has 4 aromatic rings. The van der Waals surface area contributed by atoms with Crippen LogP contribution in [0.3, 0.4) is 0 Å². The van der Waals surface area contributed by atoms with Crippen LogP contribution in [0.4, 0.5) is 10.5 Å². The molecule has 5 rings (SSSR count). The Hall–Kier alpha value is -3.33. The van der Waals surface area contributed by atoms with Gasteiger partial charge in [-0.15, -0.1) is 0 Å². The quantitative estimate of drug-likeness (QED) is 0.513. The number of carbonyl (C=O) groups is 1. The minimum absolute atomic E-state index is 0.0886. The molecule has 0 unspecified atom stereocenters. The van der Waals surface area contributed by atoms with Crippen LogP contribution >= 0.6 is 11.8 Å². The van der Waals surface area contributed by atoms with Crippen molar-refractivity contribution < 1.29 is 9.32 Å². The summed E-state index contributed by atoms with van der Waals surface area (Å²) in [6, 6.07) is 15.6. The first-order chi connectivity index (χ1) is 14.7. The normalized spacial score (nSPS) is 13.9. The lowest BCUT2D eigenvalue weighted by Gasteiger charge is -2.14. The number of fused-ring (bicyclic) bond motifs is 1. The topological polar surface area (TPSA) is 89.1 Å².